The molecule has 0 bridgehead atoms. The van der Waals surface area contributed by atoms with Crippen LogP contribution in [0.1, 0.15) is 43.0 Å². The van der Waals surface area contributed by atoms with Crippen molar-refractivity contribution < 1.29 is 29.2 Å². The molecule has 4 atom stereocenters. The van der Waals surface area contributed by atoms with Gasteiger partial charge in [-0.05, 0) is 49.7 Å². The maximum absolute atomic E-state index is 14.6. The predicted octanol–water partition coefficient (Wildman–Crippen LogP) is 3.28. The molecule has 2 amide bonds. The predicted molar refractivity (Wildman–Crippen MR) is 167 cm³/mol. The third-order valence-corrected chi connectivity index (χ3v) is 11.9. The Morgan fingerprint density at radius 1 is 1.18 bits per heavy atom. The Labute approximate surface area is 261 Å². The van der Waals surface area contributed by atoms with Crippen molar-refractivity contribution in [2.75, 3.05) is 23.0 Å². The van der Waals surface area contributed by atoms with E-state index in [2.05, 4.69) is 10.3 Å². The lowest BCUT2D eigenvalue weighted by atomic mass is 9.82. The van der Waals surface area contributed by atoms with Gasteiger partial charge in [-0.15, -0.1) is 5.10 Å². The molecule has 2 saturated heterocycles. The molecule has 14 heteroatoms. The Kier molecular flexibility index (Phi) is 8.10. The van der Waals surface area contributed by atoms with Crippen molar-refractivity contribution in [1.82, 2.24) is 15.0 Å². The summed E-state index contributed by atoms with van der Waals surface area (Å²) in [6.07, 6.45) is 3.41. The molecule has 238 valence electrons. The summed E-state index contributed by atoms with van der Waals surface area (Å²) in [5, 5.41) is 29.3. The minimum atomic E-state index is -2.94. The molecule has 3 aliphatic heterocycles. The summed E-state index contributed by atoms with van der Waals surface area (Å²) in [7, 11) is -2.94. The second-order valence-electron chi connectivity index (χ2n) is 12.8. The molecule has 2 N–H and O–H groups in total. The molecule has 13 nitrogen and oxygen atoms in total. The standard InChI is InChI=1S/C31H38N6O7Si/c1-20-29(45(2,3)43)27(12-15-34-19-22(13-16-38)32-33-34)44-31(20)25-17-24(37(41)42)10-11-26(25)36(30(31)40)18-21-6-8-23(9-7-21)35-14-4-5-28(35)39/h6-11,17,19-20,27,29,38,43H,4-5,12-16,18H2,1-3H3/t20-,27+,29-,31+/m1/s1. The van der Waals surface area contributed by atoms with E-state index >= 15 is 0 Å². The number of non-ortho nitro benzene ring substituents is 1. The molecule has 2 fully saturated rings. The molecule has 1 spiro atoms. The zero-order valence-electron chi connectivity index (χ0n) is 25.6. The molecule has 2 aromatic carbocycles. The van der Waals surface area contributed by atoms with Crippen molar-refractivity contribution in [3.05, 3.63) is 75.6 Å². The highest BCUT2D eigenvalue weighted by molar-refractivity contribution is 6.71. The van der Waals surface area contributed by atoms with Crippen LogP contribution < -0.4 is 9.80 Å². The second kappa shape index (κ2) is 11.7. The van der Waals surface area contributed by atoms with E-state index < -0.39 is 30.9 Å². The third-order valence-electron chi connectivity index (χ3n) is 9.44. The van der Waals surface area contributed by atoms with Gasteiger partial charge in [-0.2, -0.15) is 0 Å². The fraction of sp³-hybridized carbons (Fsp3) is 0.484. The molecule has 3 aliphatic rings. The van der Waals surface area contributed by atoms with Crippen LogP contribution in [-0.2, 0) is 39.4 Å². The number of benzene rings is 2. The zero-order valence-corrected chi connectivity index (χ0v) is 26.6. The third kappa shape index (κ3) is 5.45. The van der Waals surface area contributed by atoms with Gasteiger partial charge in [0.1, 0.15) is 0 Å². The highest BCUT2D eigenvalue weighted by atomic mass is 28.4. The summed E-state index contributed by atoms with van der Waals surface area (Å²) < 4.78 is 8.45. The number of nitro groups is 1. The number of hydrogen-bond donors (Lipinski definition) is 2. The van der Waals surface area contributed by atoms with Crippen LogP contribution >= 0.6 is 0 Å². The van der Waals surface area contributed by atoms with Crippen molar-refractivity contribution in [2.24, 2.45) is 5.92 Å². The lowest BCUT2D eigenvalue weighted by Gasteiger charge is -2.32. The number of ether oxygens (including phenoxy) is 1. The summed E-state index contributed by atoms with van der Waals surface area (Å²) in [6.45, 7) is 6.82. The van der Waals surface area contributed by atoms with Crippen LogP contribution in [0.5, 0.6) is 0 Å². The number of carbonyl (C=O) groups excluding carboxylic acids is 2. The van der Waals surface area contributed by atoms with Crippen molar-refractivity contribution in [3.8, 4) is 0 Å². The average Bonchev–Trinajstić information content (AvgIpc) is 3.75. The first kappa shape index (κ1) is 31.0. The number of aryl methyl sites for hydroxylation is 1. The SMILES string of the molecule is C[C@@H]1[C@@H]([Si](C)(C)O)[C@H](CCn2cc(CCO)nn2)O[C@@]12C(=O)N(Cc1ccc(N3CCCC3=O)cc1)c1ccc([N+](=O)[O-])cc12. The van der Waals surface area contributed by atoms with Crippen molar-refractivity contribution in [2.45, 2.75) is 76.0 Å². The Morgan fingerprint density at radius 2 is 1.93 bits per heavy atom. The maximum atomic E-state index is 14.6. The molecule has 0 unspecified atom stereocenters. The number of rotatable bonds is 10. The van der Waals surface area contributed by atoms with E-state index in [1.54, 1.807) is 26.7 Å². The Hall–Kier alpha value is -3.98. The van der Waals surface area contributed by atoms with E-state index in [9.17, 15) is 29.6 Å². The smallest absolute Gasteiger partial charge is 0.269 e. The fourth-order valence-electron chi connectivity index (χ4n) is 7.43. The van der Waals surface area contributed by atoms with Gasteiger partial charge < -0.3 is 24.4 Å². The number of aromatic nitrogens is 3. The first-order chi connectivity index (χ1) is 21.4. The van der Waals surface area contributed by atoms with Gasteiger partial charge in [-0.1, -0.05) is 24.3 Å². The van der Waals surface area contributed by atoms with E-state index in [0.717, 1.165) is 17.7 Å². The van der Waals surface area contributed by atoms with Crippen molar-refractivity contribution >= 4 is 37.2 Å². The number of nitrogens with zero attached hydrogens (tertiary/aromatic N) is 6. The van der Waals surface area contributed by atoms with Crippen LogP contribution in [0.15, 0.2) is 48.7 Å². The van der Waals surface area contributed by atoms with Gasteiger partial charge in [-0.25, -0.2) is 0 Å². The molecule has 0 radical (unpaired) electrons. The van der Waals surface area contributed by atoms with Crippen molar-refractivity contribution in [1.29, 1.82) is 0 Å². The van der Waals surface area contributed by atoms with E-state index in [-0.39, 0.29) is 36.2 Å². The molecule has 3 aromatic rings. The highest BCUT2D eigenvalue weighted by Gasteiger charge is 2.66. The number of aliphatic hydroxyl groups excluding tert-OH is 1. The number of fused-ring (bicyclic) bond motifs is 2. The van der Waals surface area contributed by atoms with Crippen LogP contribution in [0.4, 0.5) is 17.1 Å². The number of carbonyl (C=O) groups is 2. The van der Waals surface area contributed by atoms with Crippen molar-refractivity contribution in [3.63, 3.8) is 0 Å². The van der Waals surface area contributed by atoms with Gasteiger partial charge in [-0.3, -0.25) is 24.4 Å². The van der Waals surface area contributed by atoms with Crippen LogP contribution in [0.25, 0.3) is 0 Å². The molecule has 0 aliphatic carbocycles. The topological polar surface area (TPSA) is 164 Å². The van der Waals surface area contributed by atoms with Crippen LogP contribution in [0, 0.1) is 16.0 Å². The zero-order chi connectivity index (χ0) is 32.1. The van der Waals surface area contributed by atoms with Crippen LogP contribution in [-0.4, -0.2) is 69.2 Å². The summed E-state index contributed by atoms with van der Waals surface area (Å²) in [6, 6.07) is 12.0. The van der Waals surface area contributed by atoms with Gasteiger partial charge in [0, 0.05) is 73.6 Å². The Bertz CT molecular complexity index is 1620. The number of aliphatic hydroxyl groups is 1. The molecule has 1 aromatic heterocycles. The normalized spacial score (nSPS) is 24.7. The summed E-state index contributed by atoms with van der Waals surface area (Å²) >= 11 is 0. The first-order valence-corrected chi connectivity index (χ1v) is 18.4. The van der Waals surface area contributed by atoms with Gasteiger partial charge in [0.15, 0.2) is 13.9 Å². The number of anilines is 2. The molecule has 4 heterocycles. The summed E-state index contributed by atoms with van der Waals surface area (Å²) in [4.78, 5) is 53.2. The van der Waals surface area contributed by atoms with E-state index in [1.165, 1.54) is 12.1 Å². The Morgan fingerprint density at radius 3 is 2.58 bits per heavy atom. The van der Waals surface area contributed by atoms with Crippen LogP contribution in [0.2, 0.25) is 18.6 Å². The lowest BCUT2D eigenvalue weighted by Crippen LogP contribution is -2.46. The number of amides is 2. The molecule has 6 rings (SSSR count). The molecule has 45 heavy (non-hydrogen) atoms. The maximum Gasteiger partial charge on any atom is 0.269 e. The second-order valence-corrected chi connectivity index (χ2v) is 16.7. The summed E-state index contributed by atoms with van der Waals surface area (Å²) in [5.41, 5.74) is 1.26. The molecular formula is C31H38N6O7Si. The lowest BCUT2D eigenvalue weighted by molar-refractivity contribution is -0.385. The number of hydrogen-bond acceptors (Lipinski definition) is 9. The van der Waals surface area contributed by atoms with Gasteiger partial charge in [0.2, 0.25) is 5.91 Å². The number of nitro benzene ring substituents is 1. The van der Waals surface area contributed by atoms with E-state index in [4.69, 9.17) is 4.74 Å². The summed E-state index contributed by atoms with van der Waals surface area (Å²) in [5.74, 6) is -0.700. The van der Waals surface area contributed by atoms with E-state index in [1.807, 2.05) is 44.3 Å². The van der Waals surface area contributed by atoms with Gasteiger partial charge >= 0.3 is 0 Å². The van der Waals surface area contributed by atoms with Crippen LogP contribution in [0.3, 0.4) is 0 Å². The van der Waals surface area contributed by atoms with Gasteiger partial charge in [0.25, 0.3) is 11.6 Å². The van der Waals surface area contributed by atoms with E-state index in [0.29, 0.717) is 49.3 Å². The minimum absolute atomic E-state index is 0.0384. The first-order valence-electron chi connectivity index (χ1n) is 15.3. The average molecular weight is 635 g/mol. The molecule has 0 saturated carbocycles. The monoisotopic (exact) mass is 634 g/mol. The molecular weight excluding hydrogens is 596 g/mol. The Balaban J connectivity index is 1.34. The highest BCUT2D eigenvalue weighted by Crippen LogP contribution is 2.60. The van der Waals surface area contributed by atoms with Gasteiger partial charge in [0.05, 0.1) is 29.0 Å². The fourth-order valence-corrected chi connectivity index (χ4v) is 10.0. The quantitative estimate of drug-likeness (QED) is 0.193. The largest absolute Gasteiger partial charge is 0.432 e. The minimum Gasteiger partial charge on any atom is -0.432 e.